The van der Waals surface area contributed by atoms with Gasteiger partial charge in [0.2, 0.25) is 5.91 Å². The van der Waals surface area contributed by atoms with E-state index in [2.05, 4.69) is 10.2 Å². The third kappa shape index (κ3) is 7.32. The molecule has 8 rings (SSSR count). The number of rotatable bonds is 7. The molecule has 326 valence electrons. The number of nitrogens with zero attached hydrogens (tertiary/aromatic N) is 2. The maximum absolute atomic E-state index is 14.5. The maximum Gasteiger partial charge on any atom is 0.341 e. The predicted octanol–water partition coefficient (Wildman–Crippen LogP) is 8.54. The second-order valence-corrected chi connectivity index (χ2v) is 23.2. The molecule has 1 amide bonds. The number of carbonyl (C=O) groups is 2. The molecule has 5 aliphatic heterocycles. The van der Waals surface area contributed by atoms with Gasteiger partial charge in [-0.05, 0) is 84.6 Å². The Hall–Kier alpha value is -3.48. The zero-order valence-corrected chi connectivity index (χ0v) is 39.3. The van der Waals surface area contributed by atoms with E-state index in [-0.39, 0.29) is 65.2 Å². The van der Waals surface area contributed by atoms with Gasteiger partial charge in [-0.15, -0.1) is 11.8 Å². The number of nitrogens with one attached hydrogen (secondary N) is 1. The number of thioether (sulfide) groups is 1. The van der Waals surface area contributed by atoms with Crippen molar-refractivity contribution >= 4 is 101 Å². The van der Waals surface area contributed by atoms with E-state index in [0.717, 1.165) is 11.8 Å². The lowest BCUT2D eigenvalue weighted by Crippen LogP contribution is -2.48. The molecular weight excluding hydrogens is 909 g/mol. The van der Waals surface area contributed by atoms with E-state index in [0.29, 0.717) is 58.8 Å². The Balaban J connectivity index is 1.48. The van der Waals surface area contributed by atoms with E-state index in [1.54, 1.807) is 30.4 Å². The summed E-state index contributed by atoms with van der Waals surface area (Å²) in [6, 6.07) is 5.07. The molecule has 5 heterocycles. The average Bonchev–Trinajstić information content (AvgIpc) is 3.42. The van der Waals surface area contributed by atoms with Gasteiger partial charge in [0.25, 0.3) is 20.2 Å². The smallest absolute Gasteiger partial charge is 0.341 e. The van der Waals surface area contributed by atoms with Crippen molar-refractivity contribution in [2.45, 2.75) is 88.4 Å². The van der Waals surface area contributed by atoms with Gasteiger partial charge in [-0.25, -0.2) is 4.79 Å². The van der Waals surface area contributed by atoms with E-state index in [1.165, 1.54) is 0 Å². The van der Waals surface area contributed by atoms with Crippen molar-refractivity contribution in [3.05, 3.63) is 84.4 Å². The minimum Gasteiger partial charge on any atom is -0.456 e. The van der Waals surface area contributed by atoms with Crippen LogP contribution in [0.15, 0.2) is 35.2 Å². The number of hydrogen-bond acceptors (Lipinski definition) is 11. The van der Waals surface area contributed by atoms with Crippen LogP contribution in [0.4, 0.5) is 11.4 Å². The highest BCUT2D eigenvalue weighted by molar-refractivity contribution is 8.00. The van der Waals surface area contributed by atoms with Crippen LogP contribution in [-0.2, 0) is 41.8 Å². The first-order chi connectivity index (χ1) is 28.0. The van der Waals surface area contributed by atoms with E-state index in [1.807, 2.05) is 60.4 Å². The zero-order valence-electron chi connectivity index (χ0n) is 34.5. The summed E-state index contributed by atoms with van der Waals surface area (Å²) in [5, 5.41) is 2.60. The average molecular weight is 953 g/mol. The molecule has 3 aromatic carbocycles. The van der Waals surface area contributed by atoms with Crippen LogP contribution < -0.4 is 19.9 Å². The van der Waals surface area contributed by atoms with Crippen molar-refractivity contribution in [3.8, 4) is 11.5 Å². The van der Waals surface area contributed by atoms with E-state index in [9.17, 15) is 35.5 Å². The lowest BCUT2D eigenvalue weighted by molar-refractivity contribution is -0.119. The normalized spacial score (nSPS) is 20.7. The first-order valence-corrected chi connectivity index (χ1v) is 24.7. The quantitative estimate of drug-likeness (QED) is 0.0889. The zero-order chi connectivity index (χ0) is 44.7. The highest BCUT2D eigenvalue weighted by Crippen LogP contribution is 2.64. The fourth-order valence-electron chi connectivity index (χ4n) is 9.32. The standard InChI is InChI=1S/C42H44Cl3N3O10S3/c1-39(2,3)46-29(49)17-59-37-33(44)31-30(32(43)34(37)45)38(50)58-42(31)25-12-23-20(18-60(51,52)53)15-40(4,5)47(8)27(23)14-28(25)57-36-22-10-9-11-48-35(22)24(13-26(36)42)21(16-41(48,6)7)19-61(54,55)56/h12-16H,9-11,17-19H2,1-8H3,(H,46,49)(H,51,52,53)(H,54,55,56). The third-order valence-electron chi connectivity index (χ3n) is 11.8. The second-order valence-electron chi connectivity index (χ2n) is 18.2. The molecule has 0 saturated heterocycles. The summed E-state index contributed by atoms with van der Waals surface area (Å²) in [4.78, 5) is 31.9. The minimum atomic E-state index is -4.56. The Morgan fingerprint density at radius 3 is 2.13 bits per heavy atom. The van der Waals surface area contributed by atoms with Gasteiger partial charge < -0.3 is 24.6 Å². The molecule has 0 bridgehead atoms. The molecule has 3 N–H and O–H groups in total. The molecule has 1 unspecified atom stereocenters. The van der Waals surface area contributed by atoms with Crippen LogP contribution in [0.3, 0.4) is 0 Å². The fourth-order valence-corrected chi connectivity index (χ4v) is 12.6. The summed E-state index contributed by atoms with van der Waals surface area (Å²) in [5.41, 5.74) is -0.164. The molecule has 0 aromatic heterocycles. The molecule has 0 radical (unpaired) electrons. The van der Waals surface area contributed by atoms with Crippen molar-refractivity contribution in [2.24, 2.45) is 0 Å². The molecule has 13 nitrogen and oxygen atoms in total. The minimum absolute atomic E-state index is 0.0462. The summed E-state index contributed by atoms with van der Waals surface area (Å²) in [6.45, 7) is 13.8. The van der Waals surface area contributed by atoms with Gasteiger partial charge >= 0.3 is 5.97 Å². The van der Waals surface area contributed by atoms with Crippen molar-refractivity contribution in [1.82, 2.24) is 5.32 Å². The van der Waals surface area contributed by atoms with Crippen molar-refractivity contribution in [3.63, 3.8) is 0 Å². The molecule has 19 heteroatoms. The number of benzene rings is 3. The number of likely N-dealkylation sites (N-methyl/N-ethyl adjacent to an activating group) is 1. The number of ether oxygens (including phenoxy) is 2. The Labute approximate surface area is 374 Å². The predicted molar refractivity (Wildman–Crippen MR) is 239 cm³/mol. The van der Waals surface area contributed by atoms with E-state index >= 15 is 0 Å². The molecule has 3 aromatic rings. The van der Waals surface area contributed by atoms with Gasteiger partial charge in [0.05, 0.1) is 43.1 Å². The molecule has 1 atom stereocenters. The first kappa shape index (κ1) is 44.1. The number of hydrogen-bond donors (Lipinski definition) is 3. The first-order valence-electron chi connectivity index (χ1n) is 19.4. The van der Waals surface area contributed by atoms with Crippen LogP contribution in [0, 0.1) is 0 Å². The molecule has 61 heavy (non-hydrogen) atoms. The van der Waals surface area contributed by atoms with Gasteiger partial charge in [-0.2, -0.15) is 16.8 Å². The number of carbonyl (C=O) groups excluding carboxylic acids is 2. The summed E-state index contributed by atoms with van der Waals surface area (Å²) >= 11 is 22.4. The van der Waals surface area contributed by atoms with Crippen molar-refractivity contribution in [1.29, 1.82) is 0 Å². The Bertz CT molecular complexity index is 2820. The second kappa shape index (κ2) is 14.3. The van der Waals surface area contributed by atoms with Crippen LogP contribution >= 0.6 is 46.6 Å². The van der Waals surface area contributed by atoms with Crippen LogP contribution in [0.5, 0.6) is 11.5 Å². The molecule has 0 aliphatic carbocycles. The van der Waals surface area contributed by atoms with Crippen molar-refractivity contribution < 1.29 is 45.0 Å². The van der Waals surface area contributed by atoms with Gasteiger partial charge in [0.15, 0.2) is 5.60 Å². The SMILES string of the molecule is CN1c2cc3c(cc2C(CS(=O)(=O)O)=CC1(C)C)C1(OC(=O)c2c(Cl)c(Cl)c(SCC(=O)NC(C)(C)C)c(Cl)c21)c1cc2c4c(c1O3)CCCN4C(C)(C)C=C2CS(=O)(=O)O. The van der Waals surface area contributed by atoms with Gasteiger partial charge in [0.1, 0.15) is 23.0 Å². The topological polar surface area (TPSA) is 180 Å². The number of esters is 1. The highest BCUT2D eigenvalue weighted by atomic mass is 35.5. The summed E-state index contributed by atoms with van der Waals surface area (Å²) < 4.78 is 84.3. The maximum atomic E-state index is 14.5. The summed E-state index contributed by atoms with van der Waals surface area (Å²) in [7, 11) is -7.28. The third-order valence-corrected chi connectivity index (χ3v) is 15.7. The lowest BCUT2D eigenvalue weighted by Gasteiger charge is -2.49. The van der Waals surface area contributed by atoms with E-state index < -0.39 is 59.9 Å². The summed E-state index contributed by atoms with van der Waals surface area (Å²) in [6.07, 6.45) is 4.68. The van der Waals surface area contributed by atoms with Crippen LogP contribution in [-0.4, -0.2) is 85.3 Å². The van der Waals surface area contributed by atoms with Gasteiger partial charge in [-0.3, -0.25) is 13.9 Å². The number of fused-ring (bicyclic) bond motifs is 8. The number of amides is 1. The number of anilines is 2. The van der Waals surface area contributed by atoms with Crippen LogP contribution in [0.1, 0.15) is 98.6 Å². The van der Waals surface area contributed by atoms with Gasteiger partial charge in [0, 0.05) is 69.2 Å². The van der Waals surface area contributed by atoms with E-state index in [4.69, 9.17) is 44.3 Å². The fraction of sp³-hybridized carbons (Fsp3) is 0.429. The molecule has 5 aliphatic rings. The molecule has 0 saturated carbocycles. The number of halogens is 3. The van der Waals surface area contributed by atoms with Crippen LogP contribution in [0.25, 0.3) is 11.1 Å². The Morgan fingerprint density at radius 2 is 1.51 bits per heavy atom. The monoisotopic (exact) mass is 951 g/mol. The van der Waals surface area contributed by atoms with Crippen LogP contribution in [0.2, 0.25) is 15.1 Å². The summed E-state index contributed by atoms with van der Waals surface area (Å²) in [5.74, 6) is -2.22. The molecule has 1 spiro atoms. The van der Waals surface area contributed by atoms with Gasteiger partial charge in [-0.1, -0.05) is 47.0 Å². The highest BCUT2D eigenvalue weighted by Gasteiger charge is 2.58. The lowest BCUT2D eigenvalue weighted by atomic mass is 9.72. The Morgan fingerprint density at radius 1 is 0.902 bits per heavy atom. The molecular formula is C42H44Cl3N3O10S3. The largest absolute Gasteiger partial charge is 0.456 e. The molecule has 0 fully saturated rings. The Kier molecular flexibility index (Phi) is 10.3. The van der Waals surface area contributed by atoms with Crippen molar-refractivity contribution in [2.75, 3.05) is 40.7 Å².